The second kappa shape index (κ2) is 6.54. The van der Waals surface area contributed by atoms with E-state index in [1.165, 1.54) is 11.1 Å². The van der Waals surface area contributed by atoms with Crippen LogP contribution in [-0.4, -0.2) is 19.2 Å². The predicted molar refractivity (Wildman–Crippen MR) is 69.2 cm³/mol. The molecular weight excluding hydrogens is 198 g/mol. The molecule has 16 heavy (non-hydrogen) atoms. The first kappa shape index (κ1) is 13.0. The van der Waals surface area contributed by atoms with E-state index < -0.39 is 0 Å². The summed E-state index contributed by atoms with van der Waals surface area (Å²) in [5, 5.41) is 3.31. The molecule has 0 aromatic heterocycles. The van der Waals surface area contributed by atoms with Crippen molar-refractivity contribution in [1.29, 1.82) is 0 Å². The summed E-state index contributed by atoms with van der Waals surface area (Å²) in [6.07, 6.45) is 1.31. The third kappa shape index (κ3) is 4.23. The van der Waals surface area contributed by atoms with Gasteiger partial charge in [-0.25, -0.2) is 0 Å². The van der Waals surface area contributed by atoms with Gasteiger partial charge >= 0.3 is 0 Å². The maximum absolute atomic E-state index is 5.93. The lowest BCUT2D eigenvalue weighted by Gasteiger charge is -2.17. The zero-order valence-corrected chi connectivity index (χ0v) is 10.8. The molecule has 0 aliphatic rings. The van der Waals surface area contributed by atoms with Crippen molar-refractivity contribution in [2.75, 3.05) is 13.1 Å². The molecule has 0 fully saturated rings. The first-order valence-corrected chi connectivity index (χ1v) is 6.08. The summed E-state index contributed by atoms with van der Waals surface area (Å²) in [5.41, 5.74) is 2.46. The summed E-state index contributed by atoms with van der Waals surface area (Å²) in [6.45, 7) is 10.5. The molecule has 0 aliphatic carbocycles. The highest BCUT2D eigenvalue weighted by molar-refractivity contribution is 5.36. The molecular formula is C14H23NO. The van der Waals surface area contributed by atoms with Crippen LogP contribution >= 0.6 is 0 Å². The Morgan fingerprint density at radius 2 is 2.06 bits per heavy atom. The molecule has 1 N–H and O–H groups in total. The highest BCUT2D eigenvalue weighted by Gasteiger charge is 2.06. The summed E-state index contributed by atoms with van der Waals surface area (Å²) in [7, 11) is 0. The second-order valence-corrected chi connectivity index (χ2v) is 4.34. The van der Waals surface area contributed by atoms with E-state index in [1.807, 2.05) is 0 Å². The molecule has 0 radical (unpaired) electrons. The van der Waals surface area contributed by atoms with Gasteiger partial charge in [0.1, 0.15) is 5.75 Å². The van der Waals surface area contributed by atoms with Crippen molar-refractivity contribution < 1.29 is 4.74 Å². The molecule has 1 unspecified atom stereocenters. The summed E-state index contributed by atoms with van der Waals surface area (Å²) in [5.74, 6) is 1.02. The fourth-order valence-corrected chi connectivity index (χ4v) is 1.59. The SMILES string of the molecule is CCNCCC(C)Oc1cc(C)ccc1C. The van der Waals surface area contributed by atoms with Gasteiger partial charge in [-0.2, -0.15) is 0 Å². The zero-order chi connectivity index (χ0) is 12.0. The molecule has 0 aliphatic heterocycles. The smallest absolute Gasteiger partial charge is 0.122 e. The fourth-order valence-electron chi connectivity index (χ4n) is 1.59. The molecule has 0 heterocycles. The molecule has 0 saturated heterocycles. The lowest BCUT2D eigenvalue weighted by atomic mass is 10.1. The van der Waals surface area contributed by atoms with Gasteiger partial charge in [0.15, 0.2) is 0 Å². The van der Waals surface area contributed by atoms with E-state index in [9.17, 15) is 0 Å². The third-order valence-corrected chi connectivity index (χ3v) is 2.65. The first-order valence-electron chi connectivity index (χ1n) is 6.08. The van der Waals surface area contributed by atoms with Crippen molar-refractivity contribution in [2.45, 2.75) is 40.2 Å². The summed E-state index contributed by atoms with van der Waals surface area (Å²) < 4.78 is 5.93. The minimum Gasteiger partial charge on any atom is -0.490 e. The molecule has 0 amide bonds. The number of benzene rings is 1. The van der Waals surface area contributed by atoms with Crippen molar-refractivity contribution >= 4 is 0 Å². The molecule has 0 spiro atoms. The van der Waals surface area contributed by atoms with Gasteiger partial charge in [-0.3, -0.25) is 0 Å². The van der Waals surface area contributed by atoms with Gasteiger partial charge in [-0.05, 0) is 57.5 Å². The van der Waals surface area contributed by atoms with Crippen LogP contribution in [0.15, 0.2) is 18.2 Å². The van der Waals surface area contributed by atoms with Gasteiger partial charge in [-0.1, -0.05) is 19.1 Å². The number of ether oxygens (including phenoxy) is 1. The normalized spacial score (nSPS) is 12.5. The zero-order valence-electron chi connectivity index (χ0n) is 10.8. The number of nitrogens with one attached hydrogen (secondary N) is 1. The molecule has 90 valence electrons. The highest BCUT2D eigenvalue weighted by Crippen LogP contribution is 2.20. The van der Waals surface area contributed by atoms with Gasteiger partial charge in [0.25, 0.3) is 0 Å². The van der Waals surface area contributed by atoms with E-state index in [-0.39, 0.29) is 6.10 Å². The maximum Gasteiger partial charge on any atom is 0.122 e. The van der Waals surface area contributed by atoms with Crippen LogP contribution in [0.25, 0.3) is 0 Å². The Kier molecular flexibility index (Phi) is 5.33. The van der Waals surface area contributed by atoms with Crippen LogP contribution in [-0.2, 0) is 0 Å². The van der Waals surface area contributed by atoms with Crippen LogP contribution in [0, 0.1) is 13.8 Å². The van der Waals surface area contributed by atoms with Crippen LogP contribution < -0.4 is 10.1 Å². The molecule has 2 nitrogen and oxygen atoms in total. The monoisotopic (exact) mass is 221 g/mol. The molecule has 1 aromatic carbocycles. The second-order valence-electron chi connectivity index (χ2n) is 4.34. The minimum atomic E-state index is 0.263. The van der Waals surface area contributed by atoms with E-state index in [2.05, 4.69) is 51.2 Å². The number of hydrogen-bond donors (Lipinski definition) is 1. The highest BCUT2D eigenvalue weighted by atomic mass is 16.5. The van der Waals surface area contributed by atoms with Crippen LogP contribution in [0.2, 0.25) is 0 Å². The Bertz CT molecular complexity index is 323. The quantitative estimate of drug-likeness (QED) is 0.745. The molecule has 1 aromatic rings. The summed E-state index contributed by atoms with van der Waals surface area (Å²) >= 11 is 0. The van der Waals surface area contributed by atoms with Gasteiger partial charge < -0.3 is 10.1 Å². The molecule has 1 rings (SSSR count). The van der Waals surface area contributed by atoms with Crippen molar-refractivity contribution in [3.63, 3.8) is 0 Å². The average Bonchev–Trinajstić information content (AvgIpc) is 2.24. The van der Waals surface area contributed by atoms with Gasteiger partial charge in [0, 0.05) is 0 Å². The standard InChI is InChI=1S/C14H23NO/c1-5-15-9-8-13(4)16-14-10-11(2)6-7-12(14)3/h6-7,10,13,15H,5,8-9H2,1-4H3. The van der Waals surface area contributed by atoms with E-state index in [0.29, 0.717) is 0 Å². The molecule has 1 atom stereocenters. The third-order valence-electron chi connectivity index (χ3n) is 2.65. The number of hydrogen-bond acceptors (Lipinski definition) is 2. The van der Waals surface area contributed by atoms with Crippen molar-refractivity contribution in [3.8, 4) is 5.75 Å². The largest absolute Gasteiger partial charge is 0.490 e. The molecule has 2 heteroatoms. The van der Waals surface area contributed by atoms with Crippen molar-refractivity contribution in [2.24, 2.45) is 0 Å². The van der Waals surface area contributed by atoms with Gasteiger partial charge in [-0.15, -0.1) is 0 Å². The first-order chi connectivity index (χ1) is 7.63. The van der Waals surface area contributed by atoms with Gasteiger partial charge in [0.05, 0.1) is 6.10 Å². The number of rotatable bonds is 6. The fraction of sp³-hybridized carbons (Fsp3) is 0.571. The van der Waals surface area contributed by atoms with Crippen LogP contribution in [0.3, 0.4) is 0 Å². The Balaban J connectivity index is 2.48. The summed E-state index contributed by atoms with van der Waals surface area (Å²) in [4.78, 5) is 0. The van der Waals surface area contributed by atoms with Gasteiger partial charge in [0.2, 0.25) is 0 Å². The lowest BCUT2D eigenvalue weighted by molar-refractivity contribution is 0.209. The Morgan fingerprint density at radius 1 is 1.31 bits per heavy atom. The van der Waals surface area contributed by atoms with Crippen molar-refractivity contribution in [1.82, 2.24) is 5.32 Å². The van der Waals surface area contributed by atoms with E-state index >= 15 is 0 Å². The maximum atomic E-state index is 5.93. The Labute approximate surface area is 99.0 Å². The Morgan fingerprint density at radius 3 is 2.75 bits per heavy atom. The molecule has 0 bridgehead atoms. The van der Waals surface area contributed by atoms with E-state index in [4.69, 9.17) is 4.74 Å². The van der Waals surface area contributed by atoms with Crippen LogP contribution in [0.1, 0.15) is 31.4 Å². The number of aryl methyl sites for hydroxylation is 2. The Hall–Kier alpha value is -1.02. The van der Waals surface area contributed by atoms with Crippen molar-refractivity contribution in [3.05, 3.63) is 29.3 Å². The lowest BCUT2D eigenvalue weighted by Crippen LogP contribution is -2.22. The van der Waals surface area contributed by atoms with Crippen LogP contribution in [0.5, 0.6) is 5.75 Å². The topological polar surface area (TPSA) is 21.3 Å². The van der Waals surface area contributed by atoms with E-state index in [1.54, 1.807) is 0 Å². The minimum absolute atomic E-state index is 0.263. The average molecular weight is 221 g/mol. The van der Waals surface area contributed by atoms with Crippen LogP contribution in [0.4, 0.5) is 0 Å². The summed E-state index contributed by atoms with van der Waals surface area (Å²) in [6, 6.07) is 6.34. The molecule has 0 saturated carbocycles. The van der Waals surface area contributed by atoms with E-state index in [0.717, 1.165) is 25.3 Å². The predicted octanol–water partition coefficient (Wildman–Crippen LogP) is 3.07.